The van der Waals surface area contributed by atoms with Gasteiger partial charge in [-0.3, -0.25) is 4.79 Å². The van der Waals surface area contributed by atoms with E-state index in [4.69, 9.17) is 0 Å². The number of hydrogen-bond acceptors (Lipinski definition) is 3. The maximum Gasteiger partial charge on any atom is 0.188 e. The van der Waals surface area contributed by atoms with Gasteiger partial charge < -0.3 is 10.0 Å². The third-order valence-electron chi connectivity index (χ3n) is 1.74. The molecule has 0 atom stereocenters. The standard InChI is InChI=1S/C9H10FNO2/c1-11(2)7-4-3-6(5-12)9(13)8(7)10/h3-5,13H,1-2H3. The smallest absolute Gasteiger partial charge is 0.188 e. The topological polar surface area (TPSA) is 40.5 Å². The van der Waals surface area contributed by atoms with Crippen molar-refractivity contribution in [1.82, 2.24) is 0 Å². The van der Waals surface area contributed by atoms with Crippen molar-refractivity contribution in [3.05, 3.63) is 23.5 Å². The number of rotatable bonds is 2. The fourth-order valence-corrected chi connectivity index (χ4v) is 1.01. The Kier molecular flexibility index (Phi) is 2.51. The molecular weight excluding hydrogens is 173 g/mol. The highest BCUT2D eigenvalue weighted by atomic mass is 19.1. The van der Waals surface area contributed by atoms with E-state index < -0.39 is 11.6 Å². The largest absolute Gasteiger partial charge is 0.504 e. The molecule has 13 heavy (non-hydrogen) atoms. The Morgan fingerprint density at radius 2 is 2.08 bits per heavy atom. The summed E-state index contributed by atoms with van der Waals surface area (Å²) < 4.78 is 13.2. The van der Waals surface area contributed by atoms with Gasteiger partial charge in [-0.15, -0.1) is 0 Å². The Morgan fingerprint density at radius 1 is 1.46 bits per heavy atom. The molecule has 4 heteroatoms. The van der Waals surface area contributed by atoms with Gasteiger partial charge in [0.05, 0.1) is 11.3 Å². The first-order valence-corrected chi connectivity index (χ1v) is 3.72. The minimum atomic E-state index is -0.769. The molecule has 3 nitrogen and oxygen atoms in total. The van der Waals surface area contributed by atoms with E-state index in [0.717, 1.165) is 0 Å². The van der Waals surface area contributed by atoms with E-state index in [1.807, 2.05) is 0 Å². The summed E-state index contributed by atoms with van der Waals surface area (Å²) >= 11 is 0. The van der Waals surface area contributed by atoms with Crippen LogP contribution in [0.2, 0.25) is 0 Å². The van der Waals surface area contributed by atoms with Crippen LogP contribution in [0.15, 0.2) is 12.1 Å². The molecule has 70 valence electrons. The van der Waals surface area contributed by atoms with Crippen LogP contribution < -0.4 is 4.90 Å². The first-order valence-electron chi connectivity index (χ1n) is 3.72. The summed E-state index contributed by atoms with van der Waals surface area (Å²) in [5.41, 5.74) is 0.214. The number of phenols is 1. The second kappa shape index (κ2) is 3.43. The molecule has 0 heterocycles. The average Bonchev–Trinajstić information content (AvgIpc) is 2.09. The van der Waals surface area contributed by atoms with Gasteiger partial charge in [0.15, 0.2) is 17.9 Å². The highest BCUT2D eigenvalue weighted by Crippen LogP contribution is 2.27. The van der Waals surface area contributed by atoms with Crippen molar-refractivity contribution in [2.24, 2.45) is 0 Å². The SMILES string of the molecule is CN(C)c1ccc(C=O)c(O)c1F. The predicted octanol–water partition coefficient (Wildman–Crippen LogP) is 1.41. The number of benzene rings is 1. The zero-order valence-electron chi connectivity index (χ0n) is 7.41. The lowest BCUT2D eigenvalue weighted by Gasteiger charge is -2.14. The van der Waals surface area contributed by atoms with Crippen LogP contribution in [-0.4, -0.2) is 25.5 Å². The van der Waals surface area contributed by atoms with Crippen LogP contribution in [0.1, 0.15) is 10.4 Å². The molecule has 0 bridgehead atoms. The van der Waals surface area contributed by atoms with Crippen LogP contribution in [0.3, 0.4) is 0 Å². The first kappa shape index (κ1) is 9.51. The number of aldehydes is 1. The molecule has 0 radical (unpaired) electrons. The summed E-state index contributed by atoms with van der Waals surface area (Å²) in [6, 6.07) is 2.82. The summed E-state index contributed by atoms with van der Waals surface area (Å²) in [6.07, 6.45) is 0.415. The lowest BCUT2D eigenvalue weighted by atomic mass is 10.2. The quantitative estimate of drug-likeness (QED) is 0.705. The van der Waals surface area contributed by atoms with Crippen LogP contribution in [0.5, 0.6) is 5.75 Å². The van der Waals surface area contributed by atoms with E-state index in [-0.39, 0.29) is 11.3 Å². The molecule has 1 aromatic rings. The van der Waals surface area contributed by atoms with Crippen LogP contribution >= 0.6 is 0 Å². The Morgan fingerprint density at radius 3 is 2.54 bits per heavy atom. The molecule has 0 spiro atoms. The second-order valence-electron chi connectivity index (χ2n) is 2.85. The molecule has 0 unspecified atom stereocenters. The summed E-state index contributed by atoms with van der Waals surface area (Å²) in [5, 5.41) is 9.19. The third kappa shape index (κ3) is 1.61. The van der Waals surface area contributed by atoms with Gasteiger partial charge in [-0.25, -0.2) is 4.39 Å². The van der Waals surface area contributed by atoms with Crippen molar-refractivity contribution < 1.29 is 14.3 Å². The molecule has 0 saturated carbocycles. The van der Waals surface area contributed by atoms with Gasteiger partial charge in [0.2, 0.25) is 0 Å². The number of halogens is 1. The molecule has 0 amide bonds. The maximum atomic E-state index is 13.2. The monoisotopic (exact) mass is 183 g/mol. The maximum absolute atomic E-state index is 13.2. The summed E-state index contributed by atoms with van der Waals surface area (Å²) in [6.45, 7) is 0. The van der Waals surface area contributed by atoms with E-state index in [0.29, 0.717) is 6.29 Å². The molecule has 0 fully saturated rings. The normalized spacial score (nSPS) is 9.77. The lowest BCUT2D eigenvalue weighted by Crippen LogP contribution is -2.10. The lowest BCUT2D eigenvalue weighted by molar-refractivity contribution is 0.112. The van der Waals surface area contributed by atoms with Gasteiger partial charge in [0, 0.05) is 14.1 Å². The van der Waals surface area contributed by atoms with Gasteiger partial charge in [-0.2, -0.15) is 0 Å². The van der Waals surface area contributed by atoms with Crippen LogP contribution in [0, 0.1) is 5.82 Å². The van der Waals surface area contributed by atoms with Gasteiger partial charge in [0.25, 0.3) is 0 Å². The molecule has 0 aliphatic heterocycles. The van der Waals surface area contributed by atoms with Crippen molar-refractivity contribution >= 4 is 12.0 Å². The van der Waals surface area contributed by atoms with Crippen molar-refractivity contribution in [3.63, 3.8) is 0 Å². The Hall–Kier alpha value is -1.58. The number of aromatic hydroxyl groups is 1. The molecule has 1 aromatic carbocycles. The van der Waals surface area contributed by atoms with E-state index >= 15 is 0 Å². The molecular formula is C9H10FNO2. The summed E-state index contributed by atoms with van der Waals surface area (Å²) in [4.78, 5) is 11.8. The minimum absolute atomic E-state index is 0.0388. The Bertz CT molecular complexity index is 337. The third-order valence-corrected chi connectivity index (χ3v) is 1.74. The van der Waals surface area contributed by atoms with Crippen molar-refractivity contribution in [3.8, 4) is 5.75 Å². The molecule has 1 rings (SSSR count). The predicted molar refractivity (Wildman–Crippen MR) is 47.8 cm³/mol. The van der Waals surface area contributed by atoms with E-state index in [1.165, 1.54) is 17.0 Å². The molecule has 1 N–H and O–H groups in total. The van der Waals surface area contributed by atoms with Crippen molar-refractivity contribution in [1.29, 1.82) is 0 Å². The number of anilines is 1. The molecule has 0 aliphatic carbocycles. The number of hydrogen-bond donors (Lipinski definition) is 1. The fourth-order valence-electron chi connectivity index (χ4n) is 1.01. The van der Waals surface area contributed by atoms with Crippen LogP contribution in [0.4, 0.5) is 10.1 Å². The van der Waals surface area contributed by atoms with Crippen LogP contribution in [-0.2, 0) is 0 Å². The molecule has 0 aromatic heterocycles. The minimum Gasteiger partial charge on any atom is -0.504 e. The fraction of sp³-hybridized carbons (Fsp3) is 0.222. The zero-order valence-corrected chi connectivity index (χ0v) is 7.41. The highest BCUT2D eigenvalue weighted by Gasteiger charge is 2.12. The van der Waals surface area contributed by atoms with Gasteiger partial charge in [-0.1, -0.05) is 0 Å². The van der Waals surface area contributed by atoms with E-state index in [2.05, 4.69) is 0 Å². The number of carbonyl (C=O) groups excluding carboxylic acids is 1. The Labute approximate surface area is 75.4 Å². The summed E-state index contributed by atoms with van der Waals surface area (Å²) in [7, 11) is 3.30. The van der Waals surface area contributed by atoms with Crippen molar-refractivity contribution in [2.45, 2.75) is 0 Å². The van der Waals surface area contributed by atoms with E-state index in [1.54, 1.807) is 14.1 Å². The number of carbonyl (C=O) groups is 1. The van der Waals surface area contributed by atoms with E-state index in [9.17, 15) is 14.3 Å². The van der Waals surface area contributed by atoms with Gasteiger partial charge in [-0.05, 0) is 12.1 Å². The highest BCUT2D eigenvalue weighted by molar-refractivity contribution is 5.80. The molecule has 0 aliphatic rings. The zero-order chi connectivity index (χ0) is 10.0. The summed E-state index contributed by atoms with van der Waals surface area (Å²) in [5.74, 6) is -1.36. The second-order valence-corrected chi connectivity index (χ2v) is 2.85. The number of phenolic OH excluding ortho intramolecular Hbond substituents is 1. The van der Waals surface area contributed by atoms with Crippen LogP contribution in [0.25, 0.3) is 0 Å². The van der Waals surface area contributed by atoms with Gasteiger partial charge in [0.1, 0.15) is 0 Å². The van der Waals surface area contributed by atoms with Crippen molar-refractivity contribution in [2.75, 3.05) is 19.0 Å². The Balaban J connectivity index is 3.31. The van der Waals surface area contributed by atoms with Gasteiger partial charge >= 0.3 is 0 Å². The number of nitrogens with zero attached hydrogens (tertiary/aromatic N) is 1. The average molecular weight is 183 g/mol. The first-order chi connectivity index (χ1) is 6.07. The molecule has 0 saturated heterocycles.